The van der Waals surface area contributed by atoms with E-state index in [1.807, 2.05) is 31.2 Å². The molecule has 3 nitrogen and oxygen atoms in total. The van der Waals surface area contributed by atoms with Crippen molar-refractivity contribution in [1.82, 2.24) is 0 Å². The number of nitrogens with zero attached hydrogens (tertiary/aromatic N) is 1. The molecule has 0 N–H and O–H groups in total. The Morgan fingerprint density at radius 1 is 1.30 bits per heavy atom. The van der Waals surface area contributed by atoms with Crippen LogP contribution in [0.4, 0.5) is 0 Å². The number of para-hydroxylation sites is 1. The molecule has 3 heteroatoms. The number of aryl methyl sites for hydroxylation is 1. The second-order valence-corrected chi connectivity index (χ2v) is 4.95. The summed E-state index contributed by atoms with van der Waals surface area (Å²) in [7, 11) is 0. The minimum absolute atomic E-state index is 0.247. The lowest BCUT2D eigenvalue weighted by Gasteiger charge is -2.13. The van der Waals surface area contributed by atoms with Gasteiger partial charge in [-0.05, 0) is 30.7 Å². The number of ether oxygens (including phenoxy) is 2. The number of rotatable bonds is 3. The Hall–Kier alpha value is -2.47. The summed E-state index contributed by atoms with van der Waals surface area (Å²) in [6, 6.07) is 15.7. The third kappa shape index (κ3) is 2.33. The molecule has 1 heterocycles. The molecule has 0 fully saturated rings. The third-order valence-electron chi connectivity index (χ3n) is 3.56. The van der Waals surface area contributed by atoms with E-state index in [1.165, 1.54) is 5.56 Å². The monoisotopic (exact) mass is 265 g/mol. The summed E-state index contributed by atoms with van der Waals surface area (Å²) in [5.41, 5.74) is 2.85. The van der Waals surface area contributed by atoms with E-state index >= 15 is 0 Å². The fourth-order valence-electron chi connectivity index (χ4n) is 2.38. The molecule has 0 bridgehead atoms. The van der Waals surface area contributed by atoms with Crippen LogP contribution in [0.2, 0.25) is 0 Å². The Morgan fingerprint density at radius 2 is 2.15 bits per heavy atom. The van der Waals surface area contributed by atoms with Gasteiger partial charge < -0.3 is 9.47 Å². The molecule has 1 unspecified atom stereocenters. The maximum atomic E-state index is 8.94. The Bertz CT molecular complexity index is 673. The highest BCUT2D eigenvalue weighted by atomic mass is 16.5. The molecule has 0 saturated heterocycles. The molecule has 1 aliphatic rings. The van der Waals surface area contributed by atoms with Crippen molar-refractivity contribution in [2.45, 2.75) is 12.8 Å². The third-order valence-corrected chi connectivity index (χ3v) is 3.56. The van der Waals surface area contributed by atoms with Gasteiger partial charge >= 0.3 is 0 Å². The van der Waals surface area contributed by atoms with Crippen molar-refractivity contribution >= 4 is 0 Å². The summed E-state index contributed by atoms with van der Waals surface area (Å²) < 4.78 is 11.5. The Labute approximate surface area is 118 Å². The number of benzene rings is 2. The first-order chi connectivity index (χ1) is 9.78. The first-order valence-electron chi connectivity index (χ1n) is 6.63. The predicted octanol–water partition coefficient (Wildman–Crippen LogP) is 3.42. The zero-order valence-electron chi connectivity index (χ0n) is 11.3. The molecule has 0 radical (unpaired) electrons. The van der Waals surface area contributed by atoms with Crippen molar-refractivity contribution in [2.24, 2.45) is 0 Å². The van der Waals surface area contributed by atoms with Crippen LogP contribution in [0.1, 0.15) is 22.6 Å². The van der Waals surface area contributed by atoms with E-state index in [1.54, 1.807) is 12.1 Å². The van der Waals surface area contributed by atoms with Crippen molar-refractivity contribution in [1.29, 1.82) is 5.26 Å². The van der Waals surface area contributed by atoms with Crippen LogP contribution in [0.5, 0.6) is 11.5 Å². The molecule has 0 amide bonds. The van der Waals surface area contributed by atoms with E-state index in [-0.39, 0.29) is 5.92 Å². The molecule has 0 spiro atoms. The summed E-state index contributed by atoms with van der Waals surface area (Å²) in [6.07, 6.45) is 0. The standard InChI is InChI=1S/C17H15NO2/c1-12-6-7-13(9-18)8-17(12)20-11-14-10-19-16-5-3-2-4-15(14)16/h2-8,14H,10-11H2,1H3. The van der Waals surface area contributed by atoms with E-state index in [0.717, 1.165) is 17.1 Å². The molecule has 1 aliphatic heterocycles. The Morgan fingerprint density at radius 3 is 3.00 bits per heavy atom. The zero-order valence-corrected chi connectivity index (χ0v) is 11.3. The van der Waals surface area contributed by atoms with Crippen LogP contribution in [-0.4, -0.2) is 13.2 Å². The van der Waals surface area contributed by atoms with Crippen molar-refractivity contribution in [2.75, 3.05) is 13.2 Å². The minimum Gasteiger partial charge on any atom is -0.493 e. The van der Waals surface area contributed by atoms with Gasteiger partial charge in [0.05, 0.1) is 30.8 Å². The van der Waals surface area contributed by atoms with Crippen LogP contribution in [0, 0.1) is 18.3 Å². The molecular formula is C17H15NO2. The minimum atomic E-state index is 0.247. The zero-order chi connectivity index (χ0) is 13.9. The van der Waals surface area contributed by atoms with E-state index in [9.17, 15) is 0 Å². The second kappa shape index (κ2) is 5.26. The maximum absolute atomic E-state index is 8.94. The first kappa shape index (κ1) is 12.6. The average Bonchev–Trinajstić information content (AvgIpc) is 2.90. The Kier molecular flexibility index (Phi) is 3.30. The predicted molar refractivity (Wildman–Crippen MR) is 76.1 cm³/mol. The van der Waals surface area contributed by atoms with Gasteiger partial charge in [-0.2, -0.15) is 5.26 Å². The molecule has 100 valence electrons. The van der Waals surface area contributed by atoms with Gasteiger partial charge in [0.1, 0.15) is 11.5 Å². The van der Waals surface area contributed by atoms with Crippen LogP contribution < -0.4 is 9.47 Å². The number of hydrogen-bond acceptors (Lipinski definition) is 3. The SMILES string of the molecule is Cc1ccc(C#N)cc1OCC1COc2ccccc21. The van der Waals surface area contributed by atoms with Gasteiger partial charge in [0.25, 0.3) is 0 Å². The lowest BCUT2D eigenvalue weighted by atomic mass is 10.0. The fourth-order valence-corrected chi connectivity index (χ4v) is 2.38. The summed E-state index contributed by atoms with van der Waals surface area (Å²) in [6.45, 7) is 3.19. The summed E-state index contributed by atoms with van der Waals surface area (Å²) in [5.74, 6) is 1.97. The van der Waals surface area contributed by atoms with Gasteiger partial charge in [0.2, 0.25) is 0 Å². The van der Waals surface area contributed by atoms with Crippen LogP contribution in [0.25, 0.3) is 0 Å². The highest BCUT2D eigenvalue weighted by molar-refractivity contribution is 5.43. The topological polar surface area (TPSA) is 42.2 Å². The lowest BCUT2D eigenvalue weighted by molar-refractivity contribution is 0.247. The number of nitriles is 1. The summed E-state index contributed by atoms with van der Waals surface area (Å²) in [5, 5.41) is 8.94. The quantitative estimate of drug-likeness (QED) is 0.854. The van der Waals surface area contributed by atoms with Crippen molar-refractivity contribution in [3.63, 3.8) is 0 Å². The van der Waals surface area contributed by atoms with Gasteiger partial charge in [-0.25, -0.2) is 0 Å². The van der Waals surface area contributed by atoms with E-state index in [0.29, 0.717) is 18.8 Å². The maximum Gasteiger partial charge on any atom is 0.123 e. The normalized spacial score (nSPS) is 16.1. The molecule has 3 rings (SSSR count). The number of hydrogen-bond donors (Lipinski definition) is 0. The van der Waals surface area contributed by atoms with Crippen molar-refractivity contribution < 1.29 is 9.47 Å². The van der Waals surface area contributed by atoms with Gasteiger partial charge in [0, 0.05) is 5.56 Å². The fraction of sp³-hybridized carbons (Fsp3) is 0.235. The smallest absolute Gasteiger partial charge is 0.123 e. The van der Waals surface area contributed by atoms with E-state index in [2.05, 4.69) is 12.1 Å². The molecule has 0 aliphatic carbocycles. The Balaban J connectivity index is 1.74. The summed E-state index contributed by atoms with van der Waals surface area (Å²) >= 11 is 0. The van der Waals surface area contributed by atoms with Crippen LogP contribution in [0.15, 0.2) is 42.5 Å². The lowest BCUT2D eigenvalue weighted by Crippen LogP contribution is -2.12. The van der Waals surface area contributed by atoms with Crippen LogP contribution in [0.3, 0.4) is 0 Å². The van der Waals surface area contributed by atoms with Gasteiger partial charge in [-0.15, -0.1) is 0 Å². The first-order valence-corrected chi connectivity index (χ1v) is 6.63. The van der Waals surface area contributed by atoms with Gasteiger partial charge in [-0.3, -0.25) is 0 Å². The molecule has 2 aromatic rings. The molecular weight excluding hydrogens is 250 g/mol. The molecule has 0 aromatic heterocycles. The largest absolute Gasteiger partial charge is 0.493 e. The molecule has 1 atom stereocenters. The number of fused-ring (bicyclic) bond motifs is 1. The average molecular weight is 265 g/mol. The highest BCUT2D eigenvalue weighted by Crippen LogP contribution is 2.34. The van der Waals surface area contributed by atoms with Crippen LogP contribution in [-0.2, 0) is 0 Å². The second-order valence-electron chi connectivity index (χ2n) is 4.95. The van der Waals surface area contributed by atoms with Crippen molar-refractivity contribution in [3.05, 3.63) is 59.2 Å². The van der Waals surface area contributed by atoms with Gasteiger partial charge in [-0.1, -0.05) is 24.3 Å². The molecule has 2 aromatic carbocycles. The molecule has 0 saturated carbocycles. The van der Waals surface area contributed by atoms with Crippen molar-refractivity contribution in [3.8, 4) is 17.6 Å². The van der Waals surface area contributed by atoms with Gasteiger partial charge in [0.15, 0.2) is 0 Å². The molecule has 20 heavy (non-hydrogen) atoms. The van der Waals surface area contributed by atoms with Crippen LogP contribution >= 0.6 is 0 Å². The van der Waals surface area contributed by atoms with E-state index in [4.69, 9.17) is 14.7 Å². The highest BCUT2D eigenvalue weighted by Gasteiger charge is 2.24. The van der Waals surface area contributed by atoms with E-state index < -0.39 is 0 Å². The summed E-state index contributed by atoms with van der Waals surface area (Å²) in [4.78, 5) is 0.